The van der Waals surface area contributed by atoms with Gasteiger partial charge in [0, 0.05) is 22.6 Å². The first-order valence-corrected chi connectivity index (χ1v) is 5.96. The van der Waals surface area contributed by atoms with Gasteiger partial charge < -0.3 is 4.52 Å². The highest BCUT2D eigenvalue weighted by molar-refractivity contribution is 6.30. The average molecular weight is 234 g/mol. The molecule has 3 rings (SSSR count). The van der Waals surface area contributed by atoms with E-state index in [1.54, 1.807) is 0 Å². The smallest absolute Gasteiger partial charge is 0.140 e. The van der Waals surface area contributed by atoms with Crippen LogP contribution in [0.3, 0.4) is 0 Å². The lowest BCUT2D eigenvalue weighted by atomic mass is 9.94. The standard InChI is InChI=1S/C13H12ClNO/c14-10-7-5-9(6-8-10)13-11-3-1-2-4-12(11)16-15-13/h5-8H,1-4H2. The molecule has 0 saturated heterocycles. The molecular formula is C13H12ClNO. The molecule has 16 heavy (non-hydrogen) atoms. The zero-order valence-corrected chi connectivity index (χ0v) is 9.63. The van der Waals surface area contributed by atoms with E-state index in [0.29, 0.717) is 0 Å². The van der Waals surface area contributed by atoms with E-state index in [0.717, 1.165) is 34.9 Å². The maximum Gasteiger partial charge on any atom is 0.140 e. The van der Waals surface area contributed by atoms with Crippen LogP contribution in [0.1, 0.15) is 24.2 Å². The lowest BCUT2D eigenvalue weighted by molar-refractivity contribution is 0.374. The molecule has 0 N–H and O–H groups in total. The molecule has 0 fully saturated rings. The molecule has 0 radical (unpaired) electrons. The average Bonchev–Trinajstić information content (AvgIpc) is 2.74. The van der Waals surface area contributed by atoms with Crippen molar-refractivity contribution in [3.8, 4) is 11.3 Å². The molecule has 0 bridgehead atoms. The first-order valence-electron chi connectivity index (χ1n) is 5.58. The minimum atomic E-state index is 0.751. The van der Waals surface area contributed by atoms with Crippen LogP contribution in [0.15, 0.2) is 28.8 Å². The van der Waals surface area contributed by atoms with E-state index in [1.807, 2.05) is 24.3 Å². The fraction of sp³-hybridized carbons (Fsp3) is 0.308. The van der Waals surface area contributed by atoms with Crippen LogP contribution in [0.2, 0.25) is 5.02 Å². The number of hydrogen-bond acceptors (Lipinski definition) is 2. The fourth-order valence-corrected chi connectivity index (χ4v) is 2.35. The number of benzene rings is 1. The van der Waals surface area contributed by atoms with E-state index in [4.69, 9.17) is 16.1 Å². The molecule has 3 heteroatoms. The van der Waals surface area contributed by atoms with Crippen LogP contribution in [0.4, 0.5) is 0 Å². The molecule has 0 atom stereocenters. The Balaban J connectivity index is 2.06. The number of halogens is 1. The third-order valence-electron chi connectivity index (χ3n) is 3.07. The zero-order chi connectivity index (χ0) is 11.0. The van der Waals surface area contributed by atoms with Crippen molar-refractivity contribution in [2.45, 2.75) is 25.7 Å². The molecule has 0 saturated carbocycles. The van der Waals surface area contributed by atoms with Crippen LogP contribution in [-0.4, -0.2) is 5.16 Å². The maximum absolute atomic E-state index is 5.87. The van der Waals surface area contributed by atoms with Gasteiger partial charge in [-0.15, -0.1) is 0 Å². The van der Waals surface area contributed by atoms with Gasteiger partial charge in [-0.3, -0.25) is 0 Å². The van der Waals surface area contributed by atoms with Crippen LogP contribution in [0, 0.1) is 0 Å². The van der Waals surface area contributed by atoms with Crippen molar-refractivity contribution in [3.63, 3.8) is 0 Å². The molecule has 0 unspecified atom stereocenters. The van der Waals surface area contributed by atoms with Gasteiger partial charge in [-0.1, -0.05) is 28.9 Å². The molecule has 1 aromatic carbocycles. The molecule has 0 aliphatic heterocycles. The van der Waals surface area contributed by atoms with E-state index in [-0.39, 0.29) is 0 Å². The molecule has 1 aliphatic carbocycles. The molecule has 1 aromatic heterocycles. The maximum atomic E-state index is 5.87. The van der Waals surface area contributed by atoms with Crippen molar-refractivity contribution in [2.24, 2.45) is 0 Å². The van der Waals surface area contributed by atoms with Gasteiger partial charge in [0.2, 0.25) is 0 Å². The van der Waals surface area contributed by atoms with Crippen molar-refractivity contribution in [3.05, 3.63) is 40.6 Å². The summed E-state index contributed by atoms with van der Waals surface area (Å²) in [6, 6.07) is 7.77. The Bertz CT molecular complexity index is 501. The second kappa shape index (κ2) is 3.95. The zero-order valence-electron chi connectivity index (χ0n) is 8.87. The third kappa shape index (κ3) is 1.63. The van der Waals surface area contributed by atoms with E-state index in [9.17, 15) is 0 Å². The van der Waals surface area contributed by atoms with Crippen LogP contribution in [0.25, 0.3) is 11.3 Å². The van der Waals surface area contributed by atoms with E-state index >= 15 is 0 Å². The van der Waals surface area contributed by atoms with E-state index in [2.05, 4.69) is 5.16 Å². The second-order valence-corrected chi connectivity index (χ2v) is 4.58. The predicted molar refractivity (Wildman–Crippen MR) is 63.6 cm³/mol. The van der Waals surface area contributed by atoms with Crippen molar-refractivity contribution in [1.29, 1.82) is 0 Å². The SMILES string of the molecule is Clc1ccc(-c2noc3c2CCCC3)cc1. The third-order valence-corrected chi connectivity index (χ3v) is 3.32. The first-order chi connectivity index (χ1) is 7.84. The Morgan fingerprint density at radius 2 is 1.81 bits per heavy atom. The van der Waals surface area contributed by atoms with E-state index < -0.39 is 0 Å². The number of hydrogen-bond donors (Lipinski definition) is 0. The second-order valence-electron chi connectivity index (χ2n) is 4.15. The minimum Gasteiger partial charge on any atom is -0.360 e. The summed E-state index contributed by atoms with van der Waals surface area (Å²) in [7, 11) is 0. The van der Waals surface area contributed by atoms with Gasteiger partial charge in [0.05, 0.1) is 0 Å². The number of aryl methyl sites for hydroxylation is 1. The monoisotopic (exact) mass is 233 g/mol. The Morgan fingerprint density at radius 3 is 2.62 bits per heavy atom. The first kappa shape index (κ1) is 9.91. The Labute approximate surface area is 99.2 Å². The van der Waals surface area contributed by atoms with Gasteiger partial charge in [0.25, 0.3) is 0 Å². The van der Waals surface area contributed by atoms with Crippen LogP contribution >= 0.6 is 11.6 Å². The quantitative estimate of drug-likeness (QED) is 0.747. The summed E-state index contributed by atoms with van der Waals surface area (Å²) in [6.45, 7) is 0. The lowest BCUT2D eigenvalue weighted by Crippen LogP contribution is -1.99. The van der Waals surface area contributed by atoms with Crippen LogP contribution in [0.5, 0.6) is 0 Å². The molecular weight excluding hydrogens is 222 g/mol. The molecule has 2 nitrogen and oxygen atoms in total. The molecule has 0 spiro atoms. The Kier molecular flexibility index (Phi) is 2.44. The van der Waals surface area contributed by atoms with E-state index in [1.165, 1.54) is 18.4 Å². The molecule has 82 valence electrons. The van der Waals surface area contributed by atoms with Crippen molar-refractivity contribution in [2.75, 3.05) is 0 Å². The Morgan fingerprint density at radius 1 is 1.06 bits per heavy atom. The fourth-order valence-electron chi connectivity index (χ4n) is 2.22. The van der Waals surface area contributed by atoms with Gasteiger partial charge in [0.1, 0.15) is 11.5 Å². The molecule has 1 heterocycles. The topological polar surface area (TPSA) is 26.0 Å². The van der Waals surface area contributed by atoms with Gasteiger partial charge in [-0.25, -0.2) is 0 Å². The summed E-state index contributed by atoms with van der Waals surface area (Å²) in [5, 5.41) is 4.93. The number of aromatic nitrogens is 1. The summed E-state index contributed by atoms with van der Waals surface area (Å²) >= 11 is 5.87. The van der Waals surface area contributed by atoms with Crippen molar-refractivity contribution in [1.82, 2.24) is 5.16 Å². The summed E-state index contributed by atoms with van der Waals surface area (Å²) in [5.74, 6) is 1.07. The molecule has 0 amide bonds. The molecule has 2 aromatic rings. The summed E-state index contributed by atoms with van der Waals surface area (Å²) < 4.78 is 5.39. The predicted octanol–water partition coefficient (Wildman–Crippen LogP) is 3.87. The highest BCUT2D eigenvalue weighted by Crippen LogP contribution is 2.31. The van der Waals surface area contributed by atoms with Gasteiger partial charge in [-0.05, 0) is 31.4 Å². The van der Waals surface area contributed by atoms with Gasteiger partial charge >= 0.3 is 0 Å². The number of fused-ring (bicyclic) bond motifs is 1. The largest absolute Gasteiger partial charge is 0.360 e. The summed E-state index contributed by atoms with van der Waals surface area (Å²) in [6.07, 6.45) is 4.55. The summed E-state index contributed by atoms with van der Waals surface area (Å²) in [4.78, 5) is 0. The highest BCUT2D eigenvalue weighted by Gasteiger charge is 2.19. The highest BCUT2D eigenvalue weighted by atomic mass is 35.5. The van der Waals surface area contributed by atoms with Gasteiger partial charge in [-0.2, -0.15) is 0 Å². The lowest BCUT2D eigenvalue weighted by Gasteiger charge is -2.09. The normalized spacial score (nSPS) is 14.8. The van der Waals surface area contributed by atoms with Crippen molar-refractivity contribution < 1.29 is 4.52 Å². The van der Waals surface area contributed by atoms with Crippen LogP contribution in [-0.2, 0) is 12.8 Å². The number of rotatable bonds is 1. The van der Waals surface area contributed by atoms with Crippen molar-refractivity contribution >= 4 is 11.6 Å². The minimum absolute atomic E-state index is 0.751. The number of nitrogens with zero attached hydrogens (tertiary/aromatic N) is 1. The molecule has 1 aliphatic rings. The summed E-state index contributed by atoms with van der Waals surface area (Å²) in [5.41, 5.74) is 3.37. The van der Waals surface area contributed by atoms with Gasteiger partial charge in [0.15, 0.2) is 0 Å². The van der Waals surface area contributed by atoms with Crippen LogP contribution < -0.4 is 0 Å². The Hall–Kier alpha value is -1.28.